The van der Waals surface area contributed by atoms with Crippen molar-refractivity contribution in [2.24, 2.45) is 11.8 Å². The highest BCUT2D eigenvalue weighted by molar-refractivity contribution is 5.78. The van der Waals surface area contributed by atoms with Crippen molar-refractivity contribution in [2.45, 2.75) is 44.8 Å². The molecule has 1 aromatic carbocycles. The third kappa shape index (κ3) is 5.14. The summed E-state index contributed by atoms with van der Waals surface area (Å²) in [4.78, 5) is 24.5. The summed E-state index contributed by atoms with van der Waals surface area (Å²) in [5.41, 5.74) is 0.854. The summed E-state index contributed by atoms with van der Waals surface area (Å²) in [5, 5.41) is 11.8. The van der Waals surface area contributed by atoms with E-state index >= 15 is 0 Å². The van der Waals surface area contributed by atoms with Crippen LogP contribution in [0.4, 0.5) is 18.0 Å². The monoisotopic (exact) mass is 386 g/mol. The number of halogens is 3. The standard InChI is InChI=1S/C19H25F3N2O3/c1-12(9-18(2,3)13-7-5-4-6-8-13)23-17(27)24-10-14(16(25)26)15(11-24)19(20,21)22/h4-8,12,14-15H,9-11H2,1-3H3,(H,23,27)(H,25,26)/t12?,14-,15-/m1/s1. The molecule has 5 nitrogen and oxygen atoms in total. The maximum absolute atomic E-state index is 13.1. The van der Waals surface area contributed by atoms with Gasteiger partial charge in [-0.05, 0) is 24.3 Å². The van der Waals surface area contributed by atoms with Crippen LogP contribution in [0.1, 0.15) is 32.8 Å². The number of carboxylic acid groups (broad SMARTS) is 1. The molecule has 1 unspecified atom stereocenters. The second kappa shape index (κ2) is 7.78. The van der Waals surface area contributed by atoms with Crippen molar-refractivity contribution in [3.05, 3.63) is 35.9 Å². The van der Waals surface area contributed by atoms with Crippen LogP contribution in [0.15, 0.2) is 30.3 Å². The Morgan fingerprint density at radius 1 is 1.22 bits per heavy atom. The Kier molecular flexibility index (Phi) is 6.07. The van der Waals surface area contributed by atoms with Gasteiger partial charge in [-0.15, -0.1) is 0 Å². The molecule has 150 valence electrons. The number of likely N-dealkylation sites (tertiary alicyclic amines) is 1. The minimum atomic E-state index is -4.65. The first kappa shape index (κ1) is 21.1. The number of hydrogen-bond donors (Lipinski definition) is 2. The molecule has 0 spiro atoms. The molecule has 0 aromatic heterocycles. The molecule has 0 aliphatic carbocycles. The average molecular weight is 386 g/mol. The van der Waals surface area contributed by atoms with E-state index in [1.165, 1.54) is 0 Å². The maximum Gasteiger partial charge on any atom is 0.394 e. The smallest absolute Gasteiger partial charge is 0.394 e. The third-order valence-corrected chi connectivity index (χ3v) is 5.09. The zero-order chi connectivity index (χ0) is 20.4. The highest BCUT2D eigenvalue weighted by Crippen LogP contribution is 2.37. The minimum Gasteiger partial charge on any atom is -0.481 e. The molecule has 3 atom stereocenters. The van der Waals surface area contributed by atoms with Crippen LogP contribution >= 0.6 is 0 Å². The van der Waals surface area contributed by atoms with Gasteiger partial charge in [0.15, 0.2) is 0 Å². The lowest BCUT2D eigenvalue weighted by Gasteiger charge is -2.30. The molecule has 1 heterocycles. The Morgan fingerprint density at radius 2 is 1.81 bits per heavy atom. The molecular weight excluding hydrogens is 361 g/mol. The van der Waals surface area contributed by atoms with Crippen LogP contribution in [-0.4, -0.2) is 47.3 Å². The summed E-state index contributed by atoms with van der Waals surface area (Å²) in [7, 11) is 0. The van der Waals surface area contributed by atoms with Crippen LogP contribution in [0.2, 0.25) is 0 Å². The average Bonchev–Trinajstić information content (AvgIpc) is 3.01. The van der Waals surface area contributed by atoms with Crippen LogP contribution in [0, 0.1) is 11.8 Å². The van der Waals surface area contributed by atoms with Gasteiger partial charge in [-0.1, -0.05) is 44.2 Å². The maximum atomic E-state index is 13.1. The molecule has 2 amide bonds. The molecule has 27 heavy (non-hydrogen) atoms. The van der Waals surface area contributed by atoms with Crippen molar-refractivity contribution in [3.8, 4) is 0 Å². The molecule has 2 N–H and O–H groups in total. The van der Waals surface area contributed by atoms with Crippen molar-refractivity contribution >= 4 is 12.0 Å². The zero-order valence-electron chi connectivity index (χ0n) is 15.6. The number of carbonyl (C=O) groups is 2. The highest BCUT2D eigenvalue weighted by atomic mass is 19.4. The van der Waals surface area contributed by atoms with Gasteiger partial charge >= 0.3 is 18.2 Å². The minimum absolute atomic E-state index is 0.239. The van der Waals surface area contributed by atoms with E-state index in [4.69, 9.17) is 5.11 Å². The topological polar surface area (TPSA) is 69.6 Å². The molecule has 0 radical (unpaired) electrons. The quantitative estimate of drug-likeness (QED) is 0.812. The van der Waals surface area contributed by atoms with Gasteiger partial charge in [-0.25, -0.2) is 4.79 Å². The Bertz CT molecular complexity index is 677. The van der Waals surface area contributed by atoms with Gasteiger partial charge in [-0.3, -0.25) is 4.79 Å². The number of amides is 2. The van der Waals surface area contributed by atoms with Gasteiger partial charge in [-0.2, -0.15) is 13.2 Å². The molecule has 1 aliphatic heterocycles. The summed E-state index contributed by atoms with van der Waals surface area (Å²) < 4.78 is 39.2. The Balaban J connectivity index is 1.99. The lowest BCUT2D eigenvalue weighted by molar-refractivity contribution is -0.187. The Hall–Kier alpha value is -2.25. The van der Waals surface area contributed by atoms with Crippen molar-refractivity contribution < 1.29 is 27.9 Å². The van der Waals surface area contributed by atoms with Crippen LogP contribution in [0.25, 0.3) is 0 Å². The third-order valence-electron chi connectivity index (χ3n) is 5.09. The first-order chi connectivity index (χ1) is 12.4. The van der Waals surface area contributed by atoms with Crippen molar-refractivity contribution in [1.29, 1.82) is 0 Å². The highest BCUT2D eigenvalue weighted by Gasteiger charge is 2.53. The molecule has 2 rings (SSSR count). The Labute approximate surface area is 156 Å². The molecule has 1 aromatic rings. The molecule has 1 saturated heterocycles. The van der Waals surface area contributed by atoms with Gasteiger partial charge in [0.05, 0.1) is 11.8 Å². The van der Waals surface area contributed by atoms with Crippen molar-refractivity contribution in [3.63, 3.8) is 0 Å². The fourth-order valence-corrected chi connectivity index (χ4v) is 3.68. The molecule has 8 heteroatoms. The van der Waals surface area contributed by atoms with E-state index in [1.807, 2.05) is 44.2 Å². The lowest BCUT2D eigenvalue weighted by Crippen LogP contribution is -2.45. The van der Waals surface area contributed by atoms with E-state index in [0.717, 1.165) is 10.5 Å². The fraction of sp³-hybridized carbons (Fsp3) is 0.579. The van der Waals surface area contributed by atoms with Crippen LogP contribution in [-0.2, 0) is 10.2 Å². The van der Waals surface area contributed by atoms with Crippen molar-refractivity contribution in [1.82, 2.24) is 10.2 Å². The van der Waals surface area contributed by atoms with Gasteiger partial charge in [0.25, 0.3) is 0 Å². The van der Waals surface area contributed by atoms with Gasteiger partial charge in [0.1, 0.15) is 0 Å². The molecular formula is C19H25F3N2O3. The second-order valence-corrected chi connectivity index (χ2v) is 7.80. The summed E-state index contributed by atoms with van der Waals surface area (Å²) in [5.74, 6) is -5.21. The van der Waals surface area contributed by atoms with E-state index in [0.29, 0.717) is 6.42 Å². The predicted molar refractivity (Wildman–Crippen MR) is 94.3 cm³/mol. The van der Waals surface area contributed by atoms with Crippen LogP contribution in [0.3, 0.4) is 0 Å². The number of benzene rings is 1. The van der Waals surface area contributed by atoms with E-state index in [2.05, 4.69) is 5.32 Å². The number of urea groups is 1. The van der Waals surface area contributed by atoms with Gasteiger partial charge < -0.3 is 15.3 Å². The van der Waals surface area contributed by atoms with E-state index < -0.39 is 43.1 Å². The second-order valence-electron chi connectivity index (χ2n) is 7.80. The lowest BCUT2D eigenvalue weighted by atomic mass is 9.79. The largest absolute Gasteiger partial charge is 0.481 e. The number of carbonyl (C=O) groups excluding carboxylic acids is 1. The van der Waals surface area contributed by atoms with Gasteiger partial charge in [0.2, 0.25) is 0 Å². The van der Waals surface area contributed by atoms with E-state index in [-0.39, 0.29) is 11.5 Å². The summed E-state index contributed by atoms with van der Waals surface area (Å²) in [6.45, 7) is 4.76. The molecule has 1 aliphatic rings. The summed E-state index contributed by atoms with van der Waals surface area (Å²) >= 11 is 0. The number of hydrogen-bond acceptors (Lipinski definition) is 2. The fourth-order valence-electron chi connectivity index (χ4n) is 3.68. The Morgan fingerprint density at radius 3 is 2.30 bits per heavy atom. The molecule has 0 bridgehead atoms. The predicted octanol–water partition coefficient (Wildman–Crippen LogP) is 3.65. The van der Waals surface area contributed by atoms with E-state index in [1.54, 1.807) is 6.92 Å². The first-order valence-corrected chi connectivity index (χ1v) is 8.82. The number of nitrogens with zero attached hydrogens (tertiary/aromatic N) is 1. The van der Waals surface area contributed by atoms with E-state index in [9.17, 15) is 22.8 Å². The number of aliphatic carboxylic acids is 1. The summed E-state index contributed by atoms with van der Waals surface area (Å²) in [6.07, 6.45) is -4.07. The molecule has 0 saturated carbocycles. The van der Waals surface area contributed by atoms with Crippen LogP contribution in [0.5, 0.6) is 0 Å². The first-order valence-electron chi connectivity index (χ1n) is 8.82. The SMILES string of the molecule is CC(CC(C)(C)c1ccccc1)NC(=O)N1C[C@@H](C(F)(F)F)[C@H](C(=O)O)C1. The number of alkyl halides is 3. The van der Waals surface area contributed by atoms with Gasteiger partial charge in [0, 0.05) is 19.1 Å². The van der Waals surface area contributed by atoms with Crippen LogP contribution < -0.4 is 5.32 Å². The number of rotatable bonds is 5. The summed E-state index contributed by atoms with van der Waals surface area (Å²) in [6, 6.07) is 8.78. The normalized spacial score (nSPS) is 21.8. The zero-order valence-corrected chi connectivity index (χ0v) is 15.6. The number of nitrogens with one attached hydrogen (secondary N) is 1. The number of carboxylic acids is 1. The van der Waals surface area contributed by atoms with Crippen molar-refractivity contribution in [2.75, 3.05) is 13.1 Å². The molecule has 1 fully saturated rings.